The van der Waals surface area contributed by atoms with Crippen molar-refractivity contribution in [1.29, 1.82) is 0 Å². The number of likely N-dealkylation sites (N-methyl/N-ethyl adjacent to an activating group) is 1. The summed E-state index contributed by atoms with van der Waals surface area (Å²) in [6.45, 7) is 17.4. The number of aryl methyl sites for hydroxylation is 2. The van der Waals surface area contributed by atoms with Crippen LogP contribution in [0.3, 0.4) is 0 Å². The fourth-order valence-corrected chi connectivity index (χ4v) is 3.17. The average molecular weight is 453 g/mol. The second-order valence-corrected chi connectivity index (χ2v) is 6.87. The molecule has 0 aromatic carbocycles. The summed E-state index contributed by atoms with van der Waals surface area (Å²) in [6.07, 6.45) is 0. The first-order valence-electron chi connectivity index (χ1n) is 8.17. The van der Waals surface area contributed by atoms with Crippen LogP contribution in [0.4, 0.5) is 0 Å². The van der Waals surface area contributed by atoms with E-state index in [4.69, 9.17) is 0 Å². The number of nitrogens with zero attached hydrogens (tertiary/aromatic N) is 3. The number of guanidine groups is 1. The SMILES string of the molecule is CCNC(=NCc1sc(C)nc1C)NCCN(CC)C(C)C.I. The number of aromatic nitrogens is 1. The summed E-state index contributed by atoms with van der Waals surface area (Å²) in [7, 11) is 0. The van der Waals surface area contributed by atoms with Gasteiger partial charge in [0.15, 0.2) is 5.96 Å². The molecule has 5 nitrogen and oxygen atoms in total. The normalized spacial score (nSPS) is 11.7. The molecule has 0 saturated heterocycles. The highest BCUT2D eigenvalue weighted by Crippen LogP contribution is 2.17. The van der Waals surface area contributed by atoms with E-state index in [2.05, 4.69) is 60.1 Å². The molecule has 134 valence electrons. The zero-order valence-corrected chi connectivity index (χ0v) is 18.4. The van der Waals surface area contributed by atoms with Crippen molar-refractivity contribution in [3.63, 3.8) is 0 Å². The van der Waals surface area contributed by atoms with E-state index in [-0.39, 0.29) is 24.0 Å². The number of aliphatic imine (C=N–C) groups is 1. The lowest BCUT2D eigenvalue weighted by Crippen LogP contribution is -2.43. The first-order chi connectivity index (χ1) is 10.5. The highest BCUT2D eigenvalue weighted by molar-refractivity contribution is 14.0. The van der Waals surface area contributed by atoms with Crippen LogP contribution in [-0.2, 0) is 6.54 Å². The molecule has 1 aromatic heterocycles. The molecule has 1 rings (SSSR count). The minimum Gasteiger partial charge on any atom is -0.357 e. The van der Waals surface area contributed by atoms with Gasteiger partial charge in [0.2, 0.25) is 0 Å². The Bertz CT molecular complexity index is 473. The molecule has 0 atom stereocenters. The Morgan fingerprint density at radius 2 is 1.96 bits per heavy atom. The molecule has 1 aromatic rings. The number of thiazole rings is 1. The van der Waals surface area contributed by atoms with Crippen LogP contribution >= 0.6 is 35.3 Å². The van der Waals surface area contributed by atoms with Gasteiger partial charge in [-0.1, -0.05) is 6.92 Å². The van der Waals surface area contributed by atoms with Crippen LogP contribution in [-0.4, -0.2) is 48.1 Å². The van der Waals surface area contributed by atoms with Crippen LogP contribution in [0, 0.1) is 13.8 Å². The minimum absolute atomic E-state index is 0. The van der Waals surface area contributed by atoms with Crippen molar-refractivity contribution in [2.24, 2.45) is 4.99 Å². The van der Waals surface area contributed by atoms with E-state index < -0.39 is 0 Å². The minimum atomic E-state index is 0. The van der Waals surface area contributed by atoms with Crippen molar-refractivity contribution in [3.05, 3.63) is 15.6 Å². The van der Waals surface area contributed by atoms with Crippen LogP contribution in [0.25, 0.3) is 0 Å². The lowest BCUT2D eigenvalue weighted by atomic mass is 10.3. The number of hydrogen-bond acceptors (Lipinski definition) is 4. The molecule has 1 heterocycles. The van der Waals surface area contributed by atoms with E-state index in [9.17, 15) is 0 Å². The summed E-state index contributed by atoms with van der Waals surface area (Å²) in [5.41, 5.74) is 1.10. The number of rotatable bonds is 8. The average Bonchev–Trinajstić information content (AvgIpc) is 2.78. The highest BCUT2D eigenvalue weighted by atomic mass is 127. The summed E-state index contributed by atoms with van der Waals surface area (Å²) in [4.78, 5) is 12.8. The molecule has 0 fully saturated rings. The van der Waals surface area contributed by atoms with Gasteiger partial charge in [0.25, 0.3) is 0 Å². The third kappa shape index (κ3) is 8.30. The van der Waals surface area contributed by atoms with Gasteiger partial charge in [-0.15, -0.1) is 35.3 Å². The molecule has 2 N–H and O–H groups in total. The molecule has 23 heavy (non-hydrogen) atoms. The smallest absolute Gasteiger partial charge is 0.191 e. The summed E-state index contributed by atoms with van der Waals surface area (Å²) < 4.78 is 0. The highest BCUT2D eigenvalue weighted by Gasteiger charge is 2.07. The molecule has 0 aliphatic carbocycles. The number of hydrogen-bond donors (Lipinski definition) is 2. The van der Waals surface area contributed by atoms with Gasteiger partial charge in [-0.3, -0.25) is 4.90 Å². The Kier molecular flexibility index (Phi) is 11.8. The van der Waals surface area contributed by atoms with Gasteiger partial charge in [-0.2, -0.15) is 0 Å². The summed E-state index contributed by atoms with van der Waals surface area (Å²) in [5.74, 6) is 0.882. The molecule has 7 heteroatoms. The molecule has 0 unspecified atom stereocenters. The van der Waals surface area contributed by atoms with Crippen molar-refractivity contribution in [1.82, 2.24) is 20.5 Å². The zero-order valence-electron chi connectivity index (χ0n) is 15.3. The fourth-order valence-electron chi connectivity index (χ4n) is 2.31. The molecule has 0 radical (unpaired) electrons. The summed E-state index contributed by atoms with van der Waals surface area (Å²) >= 11 is 1.73. The van der Waals surface area contributed by atoms with Crippen LogP contribution in [0.2, 0.25) is 0 Å². The first-order valence-corrected chi connectivity index (χ1v) is 8.98. The van der Waals surface area contributed by atoms with Crippen molar-refractivity contribution in [2.75, 3.05) is 26.2 Å². The van der Waals surface area contributed by atoms with Crippen molar-refractivity contribution < 1.29 is 0 Å². The van der Waals surface area contributed by atoms with E-state index in [1.165, 1.54) is 4.88 Å². The third-order valence-corrected chi connectivity index (χ3v) is 4.61. The molecular formula is C16H32IN5S. The van der Waals surface area contributed by atoms with Gasteiger partial charge >= 0.3 is 0 Å². The Labute approximate surface area is 162 Å². The maximum Gasteiger partial charge on any atom is 0.191 e. The second-order valence-electron chi connectivity index (χ2n) is 5.59. The van der Waals surface area contributed by atoms with Gasteiger partial charge in [0.1, 0.15) is 0 Å². The lowest BCUT2D eigenvalue weighted by Gasteiger charge is -2.25. The topological polar surface area (TPSA) is 52.6 Å². The molecule has 0 aliphatic heterocycles. The van der Waals surface area contributed by atoms with Gasteiger partial charge in [0.05, 0.1) is 17.2 Å². The van der Waals surface area contributed by atoms with Crippen molar-refractivity contribution in [2.45, 2.75) is 54.1 Å². The second kappa shape index (κ2) is 12.0. The molecular weight excluding hydrogens is 421 g/mol. The largest absolute Gasteiger partial charge is 0.357 e. The summed E-state index contributed by atoms with van der Waals surface area (Å²) in [5, 5.41) is 7.83. The molecule has 0 bridgehead atoms. The first kappa shape index (κ1) is 22.6. The Hall–Kier alpha value is -0.410. The Balaban J connectivity index is 0.00000484. The van der Waals surface area contributed by atoms with Gasteiger partial charge < -0.3 is 10.6 Å². The van der Waals surface area contributed by atoms with Crippen LogP contribution in [0.5, 0.6) is 0 Å². The van der Waals surface area contributed by atoms with Crippen LogP contribution in [0.15, 0.2) is 4.99 Å². The van der Waals surface area contributed by atoms with E-state index in [0.717, 1.165) is 42.8 Å². The molecule has 0 spiro atoms. The molecule has 0 amide bonds. The standard InChI is InChI=1S/C16H31N5S.HI/c1-7-17-16(18-9-10-21(8-2)12(3)4)19-11-15-13(5)20-14(6)22-15;/h12H,7-11H2,1-6H3,(H2,17,18,19);1H. The predicted octanol–water partition coefficient (Wildman–Crippen LogP) is 3.16. The van der Waals surface area contributed by atoms with Crippen molar-refractivity contribution in [3.8, 4) is 0 Å². The van der Waals surface area contributed by atoms with E-state index in [1.54, 1.807) is 11.3 Å². The van der Waals surface area contributed by atoms with E-state index in [1.807, 2.05) is 6.92 Å². The van der Waals surface area contributed by atoms with E-state index >= 15 is 0 Å². The van der Waals surface area contributed by atoms with Crippen LogP contribution in [0.1, 0.15) is 43.3 Å². The Morgan fingerprint density at radius 3 is 2.43 bits per heavy atom. The Morgan fingerprint density at radius 1 is 1.26 bits per heavy atom. The van der Waals surface area contributed by atoms with Gasteiger partial charge in [-0.05, 0) is 41.2 Å². The maximum absolute atomic E-state index is 4.67. The fraction of sp³-hybridized carbons (Fsp3) is 0.750. The number of halogens is 1. The predicted molar refractivity (Wildman–Crippen MR) is 112 cm³/mol. The zero-order chi connectivity index (χ0) is 16.5. The monoisotopic (exact) mass is 453 g/mol. The van der Waals surface area contributed by atoms with Crippen LogP contribution < -0.4 is 10.6 Å². The number of nitrogens with one attached hydrogen (secondary N) is 2. The maximum atomic E-state index is 4.67. The van der Waals surface area contributed by atoms with Gasteiger partial charge in [-0.25, -0.2) is 9.98 Å². The molecule has 0 saturated carbocycles. The third-order valence-electron chi connectivity index (χ3n) is 3.55. The summed E-state index contributed by atoms with van der Waals surface area (Å²) in [6, 6.07) is 0.578. The van der Waals surface area contributed by atoms with E-state index in [0.29, 0.717) is 12.6 Å². The molecule has 0 aliphatic rings. The van der Waals surface area contributed by atoms with Gasteiger partial charge in [0, 0.05) is 30.6 Å². The lowest BCUT2D eigenvalue weighted by molar-refractivity contribution is 0.237. The van der Waals surface area contributed by atoms with Crippen molar-refractivity contribution >= 4 is 41.3 Å². The quantitative estimate of drug-likeness (QED) is 0.361.